The van der Waals surface area contributed by atoms with Gasteiger partial charge in [-0.05, 0) is 18.6 Å². The Hall–Kier alpha value is -1.84. The Bertz CT molecular complexity index is 362. The zero-order valence-corrected chi connectivity index (χ0v) is 9.18. The molecule has 0 aliphatic carbocycles. The largest absolute Gasteiger partial charge is 0.462 e. The van der Waals surface area contributed by atoms with Crippen molar-refractivity contribution in [3.05, 3.63) is 35.9 Å². The number of rotatable bonds is 5. The van der Waals surface area contributed by atoms with Crippen LogP contribution in [0.2, 0.25) is 0 Å². The molecule has 4 heteroatoms. The van der Waals surface area contributed by atoms with Crippen LogP contribution in [-0.2, 0) is 9.53 Å². The molecule has 1 aromatic carbocycles. The average Bonchev–Trinajstić information content (AvgIpc) is 2.29. The summed E-state index contributed by atoms with van der Waals surface area (Å²) in [6, 6.07) is 8.72. The van der Waals surface area contributed by atoms with E-state index < -0.39 is 0 Å². The second-order valence-corrected chi connectivity index (χ2v) is 3.59. The fraction of sp³-hybridized carbons (Fsp3) is 0.333. The van der Waals surface area contributed by atoms with E-state index in [1.807, 2.05) is 6.07 Å². The Balaban J connectivity index is 2.34. The molecule has 0 radical (unpaired) electrons. The third kappa shape index (κ3) is 3.73. The van der Waals surface area contributed by atoms with Crippen LogP contribution in [0.4, 0.5) is 0 Å². The maximum atomic E-state index is 11.5. The van der Waals surface area contributed by atoms with Gasteiger partial charge in [-0.1, -0.05) is 25.1 Å². The normalized spacial score (nSPS) is 11.8. The minimum absolute atomic E-state index is 0.206. The number of ether oxygens (including phenoxy) is 1. The van der Waals surface area contributed by atoms with Gasteiger partial charge in [0.15, 0.2) is 0 Å². The molecule has 1 atom stereocenters. The molecule has 16 heavy (non-hydrogen) atoms. The first-order valence-electron chi connectivity index (χ1n) is 5.12. The van der Waals surface area contributed by atoms with E-state index in [9.17, 15) is 9.59 Å². The number of esters is 1. The molecule has 0 bridgehead atoms. The van der Waals surface area contributed by atoms with Crippen molar-refractivity contribution in [1.82, 2.24) is 0 Å². The molecular formula is C12H15NO3. The highest BCUT2D eigenvalue weighted by Crippen LogP contribution is 2.04. The van der Waals surface area contributed by atoms with Gasteiger partial charge in [-0.3, -0.25) is 4.79 Å². The molecule has 1 rings (SSSR count). The first-order chi connectivity index (χ1) is 7.61. The van der Waals surface area contributed by atoms with E-state index in [0.717, 1.165) is 0 Å². The SMILES string of the molecule is CC(CCOC(=O)c1ccccc1)C(N)=O. The molecule has 1 amide bonds. The molecule has 0 heterocycles. The Morgan fingerprint density at radius 3 is 2.50 bits per heavy atom. The lowest BCUT2D eigenvalue weighted by Crippen LogP contribution is -2.22. The third-order valence-corrected chi connectivity index (χ3v) is 2.28. The summed E-state index contributed by atoms with van der Waals surface area (Å²) in [5.74, 6) is -1.03. The molecule has 0 aliphatic rings. The smallest absolute Gasteiger partial charge is 0.338 e. The lowest BCUT2D eigenvalue weighted by atomic mass is 10.1. The quantitative estimate of drug-likeness (QED) is 0.763. The molecule has 0 spiro atoms. The van der Waals surface area contributed by atoms with E-state index in [1.54, 1.807) is 31.2 Å². The fourth-order valence-corrected chi connectivity index (χ4v) is 1.13. The van der Waals surface area contributed by atoms with Gasteiger partial charge in [0.05, 0.1) is 12.2 Å². The number of nitrogens with two attached hydrogens (primary N) is 1. The Labute approximate surface area is 94.4 Å². The first kappa shape index (κ1) is 12.2. The zero-order valence-electron chi connectivity index (χ0n) is 9.18. The van der Waals surface area contributed by atoms with Crippen LogP contribution in [0.3, 0.4) is 0 Å². The third-order valence-electron chi connectivity index (χ3n) is 2.28. The number of hydrogen-bond acceptors (Lipinski definition) is 3. The van der Waals surface area contributed by atoms with Crippen LogP contribution in [0.1, 0.15) is 23.7 Å². The van der Waals surface area contributed by atoms with Crippen molar-refractivity contribution in [1.29, 1.82) is 0 Å². The lowest BCUT2D eigenvalue weighted by Gasteiger charge is -2.07. The molecular weight excluding hydrogens is 206 g/mol. The van der Waals surface area contributed by atoms with E-state index in [0.29, 0.717) is 12.0 Å². The van der Waals surface area contributed by atoms with Crippen LogP contribution in [0.5, 0.6) is 0 Å². The van der Waals surface area contributed by atoms with Crippen LogP contribution in [-0.4, -0.2) is 18.5 Å². The number of amides is 1. The highest BCUT2D eigenvalue weighted by atomic mass is 16.5. The standard InChI is InChI=1S/C12H15NO3/c1-9(11(13)14)7-8-16-12(15)10-5-3-2-4-6-10/h2-6,9H,7-8H2,1H3,(H2,13,14). The minimum Gasteiger partial charge on any atom is -0.462 e. The molecule has 1 unspecified atom stereocenters. The lowest BCUT2D eigenvalue weighted by molar-refractivity contribution is -0.121. The van der Waals surface area contributed by atoms with Crippen molar-refractivity contribution in [2.45, 2.75) is 13.3 Å². The van der Waals surface area contributed by atoms with Crippen LogP contribution < -0.4 is 5.73 Å². The monoisotopic (exact) mass is 221 g/mol. The number of benzene rings is 1. The second-order valence-electron chi connectivity index (χ2n) is 3.59. The Kier molecular flexibility index (Phi) is 4.51. The zero-order chi connectivity index (χ0) is 12.0. The number of hydrogen-bond donors (Lipinski definition) is 1. The number of carbonyl (C=O) groups is 2. The molecule has 2 N–H and O–H groups in total. The molecule has 0 fully saturated rings. The van der Waals surface area contributed by atoms with Gasteiger partial charge in [-0.25, -0.2) is 4.79 Å². The number of primary amides is 1. The van der Waals surface area contributed by atoms with Gasteiger partial charge in [0.25, 0.3) is 0 Å². The highest BCUT2D eigenvalue weighted by molar-refractivity contribution is 5.89. The van der Waals surface area contributed by atoms with Crippen molar-refractivity contribution in [3.8, 4) is 0 Å². The highest BCUT2D eigenvalue weighted by Gasteiger charge is 2.10. The Morgan fingerprint density at radius 2 is 1.94 bits per heavy atom. The van der Waals surface area contributed by atoms with E-state index in [2.05, 4.69) is 0 Å². The van der Waals surface area contributed by atoms with Gasteiger partial charge < -0.3 is 10.5 Å². The first-order valence-corrected chi connectivity index (χ1v) is 5.12. The van der Waals surface area contributed by atoms with Crippen LogP contribution in [0, 0.1) is 5.92 Å². The summed E-state index contributed by atoms with van der Waals surface area (Å²) in [6.07, 6.45) is 0.452. The summed E-state index contributed by atoms with van der Waals surface area (Å²) in [6.45, 7) is 1.91. The van der Waals surface area contributed by atoms with Gasteiger partial charge in [0.2, 0.25) is 5.91 Å². The summed E-state index contributed by atoms with van der Waals surface area (Å²) in [5, 5.41) is 0. The average molecular weight is 221 g/mol. The summed E-state index contributed by atoms with van der Waals surface area (Å²) < 4.78 is 5.00. The molecule has 0 saturated heterocycles. The second kappa shape index (κ2) is 5.90. The summed E-state index contributed by atoms with van der Waals surface area (Å²) >= 11 is 0. The molecule has 1 aromatic rings. The molecule has 0 aromatic heterocycles. The van der Waals surface area contributed by atoms with Crippen LogP contribution >= 0.6 is 0 Å². The van der Waals surface area contributed by atoms with Crippen molar-refractivity contribution in [2.75, 3.05) is 6.61 Å². The van der Waals surface area contributed by atoms with Gasteiger partial charge in [-0.2, -0.15) is 0 Å². The Morgan fingerprint density at radius 1 is 1.31 bits per heavy atom. The summed E-state index contributed by atoms with van der Waals surface area (Å²) in [7, 11) is 0. The van der Waals surface area contributed by atoms with E-state index in [1.165, 1.54) is 0 Å². The van der Waals surface area contributed by atoms with Gasteiger partial charge in [-0.15, -0.1) is 0 Å². The molecule has 0 aliphatic heterocycles. The fourth-order valence-electron chi connectivity index (χ4n) is 1.13. The minimum atomic E-state index is -0.379. The molecule has 4 nitrogen and oxygen atoms in total. The summed E-state index contributed by atoms with van der Waals surface area (Å²) in [5.41, 5.74) is 5.59. The summed E-state index contributed by atoms with van der Waals surface area (Å²) in [4.78, 5) is 22.2. The van der Waals surface area contributed by atoms with Gasteiger partial charge >= 0.3 is 5.97 Å². The molecule has 86 valence electrons. The molecule has 0 saturated carbocycles. The van der Waals surface area contributed by atoms with Crippen molar-refractivity contribution in [3.63, 3.8) is 0 Å². The van der Waals surface area contributed by atoms with E-state index in [-0.39, 0.29) is 24.4 Å². The maximum Gasteiger partial charge on any atom is 0.338 e. The van der Waals surface area contributed by atoms with E-state index in [4.69, 9.17) is 10.5 Å². The van der Waals surface area contributed by atoms with Gasteiger partial charge in [0.1, 0.15) is 0 Å². The van der Waals surface area contributed by atoms with Crippen LogP contribution in [0.25, 0.3) is 0 Å². The van der Waals surface area contributed by atoms with Crippen molar-refractivity contribution < 1.29 is 14.3 Å². The van der Waals surface area contributed by atoms with Crippen LogP contribution in [0.15, 0.2) is 30.3 Å². The van der Waals surface area contributed by atoms with Crippen molar-refractivity contribution >= 4 is 11.9 Å². The van der Waals surface area contributed by atoms with E-state index >= 15 is 0 Å². The van der Waals surface area contributed by atoms with Gasteiger partial charge in [0, 0.05) is 5.92 Å². The predicted molar refractivity (Wildman–Crippen MR) is 59.7 cm³/mol. The topological polar surface area (TPSA) is 69.4 Å². The predicted octanol–water partition coefficient (Wildman–Crippen LogP) is 1.35. The maximum absolute atomic E-state index is 11.5. The number of carbonyl (C=O) groups excluding carboxylic acids is 2. The van der Waals surface area contributed by atoms with Crippen molar-refractivity contribution in [2.24, 2.45) is 11.7 Å².